The minimum Gasteiger partial charge on any atom is -0.336 e. The Morgan fingerprint density at radius 1 is 1.42 bits per heavy atom. The van der Waals surface area contributed by atoms with E-state index in [1.54, 1.807) is 18.2 Å². The van der Waals surface area contributed by atoms with Crippen molar-refractivity contribution in [1.29, 1.82) is 0 Å². The van der Waals surface area contributed by atoms with E-state index in [0.717, 1.165) is 12.8 Å². The molecule has 1 fully saturated rings. The van der Waals surface area contributed by atoms with E-state index in [4.69, 9.17) is 28.9 Å². The molecule has 1 aliphatic heterocycles. The lowest BCUT2D eigenvalue weighted by Gasteiger charge is -2.37. The predicted octanol–water partition coefficient (Wildman–Crippen LogP) is 3.19. The molecule has 2 atom stereocenters. The van der Waals surface area contributed by atoms with E-state index in [9.17, 15) is 4.79 Å². The van der Waals surface area contributed by atoms with E-state index in [0.29, 0.717) is 34.6 Å². The van der Waals surface area contributed by atoms with Gasteiger partial charge in [0.2, 0.25) is 0 Å². The summed E-state index contributed by atoms with van der Waals surface area (Å²) >= 11 is 12.1. The summed E-state index contributed by atoms with van der Waals surface area (Å²) in [6, 6.07) is 5.36. The summed E-state index contributed by atoms with van der Waals surface area (Å²) in [6.45, 7) is 3.36. The van der Waals surface area contributed by atoms with Crippen LogP contribution in [0.15, 0.2) is 18.2 Å². The first-order valence-corrected chi connectivity index (χ1v) is 7.25. The lowest BCUT2D eigenvalue weighted by atomic mass is 9.93. The number of carbonyl (C=O) groups is 1. The topological polar surface area (TPSA) is 46.3 Å². The van der Waals surface area contributed by atoms with Gasteiger partial charge in [0.25, 0.3) is 5.91 Å². The molecule has 0 bridgehead atoms. The summed E-state index contributed by atoms with van der Waals surface area (Å²) < 4.78 is 0. The Hall–Kier alpha value is -0.770. The molecule has 104 valence electrons. The SMILES string of the molecule is CC1CCC(CN)CN1C(=O)c1cccc(Cl)c1Cl. The number of nitrogens with two attached hydrogens (primary N) is 1. The minimum absolute atomic E-state index is 0.0573. The van der Waals surface area contributed by atoms with Gasteiger partial charge in [-0.25, -0.2) is 0 Å². The van der Waals surface area contributed by atoms with Crippen molar-refractivity contribution in [2.45, 2.75) is 25.8 Å². The summed E-state index contributed by atoms with van der Waals surface area (Å²) in [6.07, 6.45) is 2.05. The highest BCUT2D eigenvalue weighted by atomic mass is 35.5. The first-order chi connectivity index (χ1) is 9.04. The molecular weight excluding hydrogens is 283 g/mol. The monoisotopic (exact) mass is 300 g/mol. The lowest BCUT2D eigenvalue weighted by molar-refractivity contribution is 0.0567. The number of carbonyl (C=O) groups excluding carboxylic acids is 1. The van der Waals surface area contributed by atoms with Crippen LogP contribution in [0.4, 0.5) is 0 Å². The highest BCUT2D eigenvalue weighted by Gasteiger charge is 2.30. The van der Waals surface area contributed by atoms with Gasteiger partial charge >= 0.3 is 0 Å². The molecule has 3 nitrogen and oxygen atoms in total. The summed E-state index contributed by atoms with van der Waals surface area (Å²) in [4.78, 5) is 14.4. The van der Waals surface area contributed by atoms with Crippen LogP contribution in [0.2, 0.25) is 10.0 Å². The van der Waals surface area contributed by atoms with Gasteiger partial charge in [0.1, 0.15) is 0 Å². The van der Waals surface area contributed by atoms with E-state index in [2.05, 4.69) is 6.92 Å². The van der Waals surface area contributed by atoms with Gasteiger partial charge in [-0.15, -0.1) is 0 Å². The van der Waals surface area contributed by atoms with Crippen LogP contribution < -0.4 is 5.73 Å². The number of likely N-dealkylation sites (tertiary alicyclic amines) is 1. The molecule has 0 spiro atoms. The molecule has 1 aromatic carbocycles. The van der Waals surface area contributed by atoms with Crippen LogP contribution in [0.5, 0.6) is 0 Å². The Bertz CT molecular complexity index is 479. The maximum atomic E-state index is 12.6. The summed E-state index contributed by atoms with van der Waals surface area (Å²) in [5.41, 5.74) is 6.19. The fourth-order valence-electron chi connectivity index (χ4n) is 2.48. The Morgan fingerprint density at radius 3 is 2.84 bits per heavy atom. The molecule has 0 saturated carbocycles. The van der Waals surface area contributed by atoms with Crippen molar-refractivity contribution < 1.29 is 4.79 Å². The second-order valence-electron chi connectivity index (χ2n) is 5.09. The average Bonchev–Trinajstić information content (AvgIpc) is 2.42. The normalized spacial score (nSPS) is 23.5. The molecule has 0 radical (unpaired) electrons. The van der Waals surface area contributed by atoms with Crippen LogP contribution in [0.25, 0.3) is 0 Å². The molecule has 0 aliphatic carbocycles. The van der Waals surface area contributed by atoms with Gasteiger partial charge in [-0.3, -0.25) is 4.79 Å². The smallest absolute Gasteiger partial charge is 0.255 e. The quantitative estimate of drug-likeness (QED) is 0.912. The Balaban J connectivity index is 2.24. The zero-order chi connectivity index (χ0) is 14.0. The van der Waals surface area contributed by atoms with Crippen molar-refractivity contribution in [1.82, 2.24) is 4.90 Å². The number of rotatable bonds is 2. The zero-order valence-corrected chi connectivity index (χ0v) is 12.4. The van der Waals surface area contributed by atoms with Crippen LogP contribution in [-0.2, 0) is 0 Å². The Labute approximate surface area is 123 Å². The zero-order valence-electron chi connectivity index (χ0n) is 10.9. The second kappa shape index (κ2) is 6.12. The third-order valence-corrected chi connectivity index (χ3v) is 4.57. The second-order valence-corrected chi connectivity index (χ2v) is 5.87. The van der Waals surface area contributed by atoms with E-state index in [-0.39, 0.29) is 11.9 Å². The van der Waals surface area contributed by atoms with Crippen LogP contribution in [0, 0.1) is 5.92 Å². The first-order valence-electron chi connectivity index (χ1n) is 6.49. The summed E-state index contributed by atoms with van der Waals surface area (Å²) in [7, 11) is 0. The lowest BCUT2D eigenvalue weighted by Crippen LogP contribution is -2.47. The van der Waals surface area contributed by atoms with Gasteiger partial charge in [0.15, 0.2) is 0 Å². The van der Waals surface area contributed by atoms with Crippen molar-refractivity contribution in [2.75, 3.05) is 13.1 Å². The fraction of sp³-hybridized carbons (Fsp3) is 0.500. The van der Waals surface area contributed by atoms with Crippen molar-refractivity contribution in [3.63, 3.8) is 0 Å². The predicted molar refractivity (Wildman–Crippen MR) is 78.7 cm³/mol. The molecule has 2 N–H and O–H groups in total. The minimum atomic E-state index is -0.0573. The van der Waals surface area contributed by atoms with E-state index in [1.165, 1.54) is 0 Å². The number of hydrogen-bond acceptors (Lipinski definition) is 2. The molecule has 19 heavy (non-hydrogen) atoms. The van der Waals surface area contributed by atoms with E-state index in [1.807, 2.05) is 4.90 Å². The summed E-state index contributed by atoms with van der Waals surface area (Å²) in [5.74, 6) is 0.316. The largest absolute Gasteiger partial charge is 0.336 e. The van der Waals surface area contributed by atoms with Gasteiger partial charge in [-0.05, 0) is 44.4 Å². The average molecular weight is 301 g/mol. The van der Waals surface area contributed by atoms with Crippen LogP contribution >= 0.6 is 23.2 Å². The van der Waals surface area contributed by atoms with Crippen molar-refractivity contribution in [3.8, 4) is 0 Å². The molecular formula is C14H18Cl2N2O. The number of piperidine rings is 1. The van der Waals surface area contributed by atoms with Crippen LogP contribution in [0.1, 0.15) is 30.1 Å². The molecule has 5 heteroatoms. The number of nitrogens with zero attached hydrogens (tertiary/aromatic N) is 1. The van der Waals surface area contributed by atoms with Gasteiger partial charge in [-0.1, -0.05) is 29.3 Å². The van der Waals surface area contributed by atoms with Crippen LogP contribution in [0.3, 0.4) is 0 Å². The van der Waals surface area contributed by atoms with E-state index >= 15 is 0 Å². The Kier molecular flexibility index (Phi) is 4.71. The molecule has 1 aromatic rings. The molecule has 1 heterocycles. The molecule has 2 rings (SSSR count). The number of hydrogen-bond donors (Lipinski definition) is 1. The fourth-order valence-corrected chi connectivity index (χ4v) is 2.86. The molecule has 1 saturated heterocycles. The third kappa shape index (κ3) is 3.04. The van der Waals surface area contributed by atoms with Crippen molar-refractivity contribution in [3.05, 3.63) is 33.8 Å². The standard InChI is InChI=1S/C14H18Cl2N2O/c1-9-5-6-10(7-17)8-18(9)14(19)11-3-2-4-12(15)13(11)16/h2-4,9-10H,5-8,17H2,1H3. The molecule has 1 amide bonds. The molecule has 0 aromatic heterocycles. The van der Waals surface area contributed by atoms with Crippen LogP contribution in [-0.4, -0.2) is 29.9 Å². The van der Waals surface area contributed by atoms with Crippen molar-refractivity contribution >= 4 is 29.1 Å². The summed E-state index contributed by atoms with van der Waals surface area (Å²) in [5, 5.41) is 0.740. The van der Waals surface area contributed by atoms with E-state index < -0.39 is 0 Å². The maximum Gasteiger partial charge on any atom is 0.255 e. The first kappa shape index (κ1) is 14.6. The third-order valence-electron chi connectivity index (χ3n) is 3.76. The van der Waals surface area contributed by atoms with Gasteiger partial charge in [0.05, 0.1) is 15.6 Å². The number of amides is 1. The number of halogens is 2. The maximum absolute atomic E-state index is 12.6. The Morgan fingerprint density at radius 2 is 2.16 bits per heavy atom. The number of benzene rings is 1. The highest BCUT2D eigenvalue weighted by Crippen LogP contribution is 2.29. The van der Waals surface area contributed by atoms with Gasteiger partial charge < -0.3 is 10.6 Å². The van der Waals surface area contributed by atoms with Crippen molar-refractivity contribution in [2.24, 2.45) is 11.7 Å². The molecule has 1 aliphatic rings. The molecule has 2 unspecified atom stereocenters. The van der Waals surface area contributed by atoms with Gasteiger partial charge in [0, 0.05) is 12.6 Å². The van der Waals surface area contributed by atoms with Gasteiger partial charge in [-0.2, -0.15) is 0 Å². The highest BCUT2D eigenvalue weighted by molar-refractivity contribution is 6.43.